The lowest BCUT2D eigenvalue weighted by atomic mass is 10.1. The highest BCUT2D eigenvalue weighted by Crippen LogP contribution is 2.29. The van der Waals surface area contributed by atoms with Crippen LogP contribution >= 0.6 is 0 Å². The molecule has 2 nitrogen and oxygen atoms in total. The molecule has 0 heterocycles. The van der Waals surface area contributed by atoms with Crippen molar-refractivity contribution in [1.29, 1.82) is 0 Å². The molecule has 0 amide bonds. The molecule has 0 aromatic heterocycles. The second kappa shape index (κ2) is 5.14. The summed E-state index contributed by atoms with van der Waals surface area (Å²) in [7, 11) is 1.45. The summed E-state index contributed by atoms with van der Waals surface area (Å²) >= 11 is 0. The Balaban J connectivity index is 2.66. The smallest absolute Gasteiger partial charge is 0.359 e. The molecule has 0 saturated heterocycles. The number of hydrogen-bond acceptors (Lipinski definition) is 2. The second-order valence-corrected chi connectivity index (χ2v) is 2.95. The third-order valence-corrected chi connectivity index (χ3v) is 1.72. The molecule has 0 N–H and O–H groups in total. The molecule has 0 saturated carbocycles. The minimum absolute atomic E-state index is 0.0657. The highest BCUT2D eigenvalue weighted by Gasteiger charge is 2.30. The third-order valence-electron chi connectivity index (χ3n) is 1.72. The van der Waals surface area contributed by atoms with Gasteiger partial charge in [-0.1, -0.05) is 12.1 Å². The van der Waals surface area contributed by atoms with Crippen molar-refractivity contribution in [3.8, 4) is 0 Å². The molecule has 84 valence electrons. The van der Waals surface area contributed by atoms with E-state index in [1.165, 1.54) is 13.2 Å². The molecule has 0 aliphatic rings. The van der Waals surface area contributed by atoms with E-state index < -0.39 is 11.7 Å². The summed E-state index contributed by atoms with van der Waals surface area (Å²) in [6.07, 6.45) is -4.31. The van der Waals surface area contributed by atoms with E-state index in [0.717, 1.165) is 12.1 Å². The average molecular weight is 220 g/mol. The lowest BCUT2D eigenvalue weighted by molar-refractivity contribution is -0.137. The SMILES string of the molecule is COCOCc1cccc(C(F)(F)F)c1. The van der Waals surface area contributed by atoms with Crippen molar-refractivity contribution < 1.29 is 22.6 Å². The van der Waals surface area contributed by atoms with Crippen LogP contribution in [0, 0.1) is 0 Å². The number of alkyl halides is 3. The van der Waals surface area contributed by atoms with Crippen molar-refractivity contribution in [2.45, 2.75) is 12.8 Å². The predicted molar refractivity (Wildman–Crippen MR) is 48.1 cm³/mol. The summed E-state index contributed by atoms with van der Waals surface area (Å²) in [5.74, 6) is 0. The van der Waals surface area contributed by atoms with Crippen molar-refractivity contribution >= 4 is 0 Å². The first-order valence-corrected chi connectivity index (χ1v) is 4.27. The van der Waals surface area contributed by atoms with Crippen LogP contribution in [0.25, 0.3) is 0 Å². The van der Waals surface area contributed by atoms with Crippen LogP contribution in [0.15, 0.2) is 24.3 Å². The van der Waals surface area contributed by atoms with Crippen LogP contribution in [-0.2, 0) is 22.3 Å². The van der Waals surface area contributed by atoms with Crippen LogP contribution in [0.4, 0.5) is 13.2 Å². The molecule has 5 heteroatoms. The minimum atomic E-state index is -4.31. The fourth-order valence-electron chi connectivity index (χ4n) is 1.08. The maximum atomic E-state index is 12.3. The van der Waals surface area contributed by atoms with E-state index in [-0.39, 0.29) is 13.4 Å². The molecular formula is C10H11F3O2. The Morgan fingerprint density at radius 3 is 2.60 bits per heavy atom. The minimum Gasteiger partial charge on any atom is -0.359 e. The molecule has 1 aromatic carbocycles. The third kappa shape index (κ3) is 3.89. The van der Waals surface area contributed by atoms with E-state index in [2.05, 4.69) is 4.74 Å². The average Bonchev–Trinajstić information content (AvgIpc) is 2.17. The number of benzene rings is 1. The van der Waals surface area contributed by atoms with Gasteiger partial charge in [0, 0.05) is 7.11 Å². The fraction of sp³-hybridized carbons (Fsp3) is 0.400. The predicted octanol–water partition coefficient (Wildman–Crippen LogP) is 2.83. The highest BCUT2D eigenvalue weighted by atomic mass is 19.4. The molecule has 0 unspecified atom stereocenters. The topological polar surface area (TPSA) is 18.5 Å². The van der Waals surface area contributed by atoms with Crippen molar-refractivity contribution in [3.05, 3.63) is 35.4 Å². The Morgan fingerprint density at radius 2 is 2.00 bits per heavy atom. The quantitative estimate of drug-likeness (QED) is 0.573. The van der Waals surface area contributed by atoms with E-state index in [4.69, 9.17) is 4.74 Å². The summed E-state index contributed by atoms with van der Waals surface area (Å²) in [5.41, 5.74) is -0.192. The van der Waals surface area contributed by atoms with Gasteiger partial charge in [-0.25, -0.2) is 0 Å². The maximum absolute atomic E-state index is 12.3. The van der Waals surface area contributed by atoms with Gasteiger partial charge in [-0.05, 0) is 17.7 Å². The Bertz CT molecular complexity index is 310. The van der Waals surface area contributed by atoms with Gasteiger partial charge in [-0.3, -0.25) is 0 Å². The van der Waals surface area contributed by atoms with Gasteiger partial charge in [0.1, 0.15) is 6.79 Å². The lowest BCUT2D eigenvalue weighted by Crippen LogP contribution is -2.06. The zero-order chi connectivity index (χ0) is 11.3. The van der Waals surface area contributed by atoms with E-state index in [1.807, 2.05) is 0 Å². The number of methoxy groups -OCH3 is 1. The van der Waals surface area contributed by atoms with E-state index >= 15 is 0 Å². The van der Waals surface area contributed by atoms with Crippen LogP contribution in [0.5, 0.6) is 0 Å². The Kier molecular flexibility index (Phi) is 4.11. The largest absolute Gasteiger partial charge is 0.416 e. The van der Waals surface area contributed by atoms with E-state index in [1.54, 1.807) is 6.07 Å². The lowest BCUT2D eigenvalue weighted by Gasteiger charge is -2.08. The maximum Gasteiger partial charge on any atom is 0.416 e. The van der Waals surface area contributed by atoms with Gasteiger partial charge < -0.3 is 9.47 Å². The van der Waals surface area contributed by atoms with Gasteiger partial charge in [0.15, 0.2) is 0 Å². The Hall–Kier alpha value is -1.07. The van der Waals surface area contributed by atoms with Crippen molar-refractivity contribution in [2.75, 3.05) is 13.9 Å². The van der Waals surface area contributed by atoms with Crippen LogP contribution in [0.3, 0.4) is 0 Å². The summed E-state index contributed by atoms with van der Waals surface area (Å²) in [6.45, 7) is 0.175. The van der Waals surface area contributed by atoms with Gasteiger partial charge >= 0.3 is 6.18 Å². The van der Waals surface area contributed by atoms with Gasteiger partial charge in [0.05, 0.1) is 12.2 Å². The molecule has 0 radical (unpaired) electrons. The van der Waals surface area contributed by atoms with Gasteiger partial charge in [0.25, 0.3) is 0 Å². The molecule has 0 aliphatic carbocycles. The zero-order valence-electron chi connectivity index (χ0n) is 8.17. The van der Waals surface area contributed by atoms with E-state index in [0.29, 0.717) is 5.56 Å². The zero-order valence-corrected chi connectivity index (χ0v) is 8.17. The van der Waals surface area contributed by atoms with Crippen LogP contribution in [0.2, 0.25) is 0 Å². The first-order valence-electron chi connectivity index (χ1n) is 4.27. The molecule has 0 atom stereocenters. The van der Waals surface area contributed by atoms with E-state index in [9.17, 15) is 13.2 Å². The number of halogens is 3. The van der Waals surface area contributed by atoms with Crippen molar-refractivity contribution in [1.82, 2.24) is 0 Å². The molecule has 0 spiro atoms. The molecule has 1 rings (SSSR count). The van der Waals surface area contributed by atoms with Crippen LogP contribution in [-0.4, -0.2) is 13.9 Å². The fourth-order valence-corrected chi connectivity index (χ4v) is 1.08. The summed E-state index contributed by atoms with van der Waals surface area (Å²) < 4.78 is 46.4. The highest BCUT2D eigenvalue weighted by molar-refractivity contribution is 5.25. The normalized spacial score (nSPS) is 11.7. The Labute approximate surface area is 85.6 Å². The van der Waals surface area contributed by atoms with Crippen molar-refractivity contribution in [2.24, 2.45) is 0 Å². The number of hydrogen-bond donors (Lipinski definition) is 0. The second-order valence-electron chi connectivity index (χ2n) is 2.95. The molecule has 0 aliphatic heterocycles. The molecule has 15 heavy (non-hydrogen) atoms. The number of rotatable bonds is 4. The molecule has 0 fully saturated rings. The van der Waals surface area contributed by atoms with Crippen LogP contribution in [0.1, 0.15) is 11.1 Å². The van der Waals surface area contributed by atoms with Gasteiger partial charge in [-0.2, -0.15) is 13.2 Å². The van der Waals surface area contributed by atoms with Crippen LogP contribution < -0.4 is 0 Å². The molecule has 0 bridgehead atoms. The monoisotopic (exact) mass is 220 g/mol. The summed E-state index contributed by atoms with van der Waals surface area (Å²) in [5, 5.41) is 0. The van der Waals surface area contributed by atoms with Gasteiger partial charge in [-0.15, -0.1) is 0 Å². The molecular weight excluding hydrogens is 209 g/mol. The Morgan fingerprint density at radius 1 is 1.27 bits per heavy atom. The first-order chi connectivity index (χ1) is 7.04. The van der Waals surface area contributed by atoms with Gasteiger partial charge in [0.2, 0.25) is 0 Å². The van der Waals surface area contributed by atoms with Crippen molar-refractivity contribution in [3.63, 3.8) is 0 Å². The number of ether oxygens (including phenoxy) is 2. The first kappa shape index (κ1) is 12.0. The molecule has 1 aromatic rings. The standard InChI is InChI=1S/C10H11F3O2/c1-14-7-15-6-8-3-2-4-9(5-8)10(11,12)13/h2-5H,6-7H2,1H3. The summed E-state index contributed by atoms with van der Waals surface area (Å²) in [6, 6.07) is 5.02. The summed E-state index contributed by atoms with van der Waals surface area (Å²) in [4.78, 5) is 0.